The predicted molar refractivity (Wildman–Crippen MR) is 76.7 cm³/mol. The Bertz CT molecular complexity index is 492. The minimum Gasteiger partial charge on any atom is -0.349 e. The lowest BCUT2D eigenvalue weighted by Gasteiger charge is -2.28. The summed E-state index contributed by atoms with van der Waals surface area (Å²) in [5.74, 6) is 0.421. The lowest BCUT2D eigenvalue weighted by molar-refractivity contribution is -0.126. The standard InChI is InChI=1S/C17H21NO/c19-17(14-8-2-1-3-9-14)18-16-12-6-10-13-7-4-5-11-15(13)16/h1-2,4-5,7,11,14,16H,3,6,8-10,12H2,(H,18,19)/t14-,16+/m1/s1. The summed E-state index contributed by atoms with van der Waals surface area (Å²) in [5, 5.41) is 3.27. The lowest BCUT2D eigenvalue weighted by Crippen LogP contribution is -2.35. The predicted octanol–water partition coefficient (Wildman–Crippen LogP) is 3.54. The van der Waals surface area contributed by atoms with Gasteiger partial charge in [0, 0.05) is 5.92 Å². The molecule has 100 valence electrons. The highest BCUT2D eigenvalue weighted by molar-refractivity contribution is 5.79. The second-order valence-electron chi connectivity index (χ2n) is 5.63. The molecule has 0 saturated heterocycles. The number of hydrogen-bond acceptors (Lipinski definition) is 1. The van der Waals surface area contributed by atoms with Crippen LogP contribution in [0.25, 0.3) is 0 Å². The van der Waals surface area contributed by atoms with Crippen LogP contribution in [0.15, 0.2) is 36.4 Å². The molecule has 0 aromatic heterocycles. The summed E-state index contributed by atoms with van der Waals surface area (Å²) in [6.07, 6.45) is 10.7. The second kappa shape index (κ2) is 5.60. The molecule has 2 nitrogen and oxygen atoms in total. The van der Waals surface area contributed by atoms with E-state index in [2.05, 4.69) is 41.7 Å². The van der Waals surface area contributed by atoms with Gasteiger partial charge in [-0.25, -0.2) is 0 Å². The smallest absolute Gasteiger partial charge is 0.223 e. The highest BCUT2D eigenvalue weighted by Crippen LogP contribution is 2.30. The molecule has 2 aliphatic rings. The van der Waals surface area contributed by atoms with Crippen LogP contribution in [0.2, 0.25) is 0 Å². The van der Waals surface area contributed by atoms with Gasteiger partial charge in [0.15, 0.2) is 0 Å². The van der Waals surface area contributed by atoms with Crippen LogP contribution >= 0.6 is 0 Å². The lowest BCUT2D eigenvalue weighted by atomic mass is 9.86. The fraction of sp³-hybridized carbons (Fsp3) is 0.471. The fourth-order valence-corrected chi connectivity index (χ4v) is 3.23. The molecule has 0 spiro atoms. The fourth-order valence-electron chi connectivity index (χ4n) is 3.23. The van der Waals surface area contributed by atoms with E-state index in [1.807, 2.05) is 0 Å². The molecule has 0 radical (unpaired) electrons. The highest BCUT2D eigenvalue weighted by atomic mass is 16.1. The summed E-state index contributed by atoms with van der Waals surface area (Å²) in [6, 6.07) is 8.75. The monoisotopic (exact) mass is 255 g/mol. The molecule has 2 heteroatoms. The highest BCUT2D eigenvalue weighted by Gasteiger charge is 2.25. The first-order chi connectivity index (χ1) is 9.34. The second-order valence-corrected chi connectivity index (χ2v) is 5.63. The maximum absolute atomic E-state index is 12.3. The minimum absolute atomic E-state index is 0.180. The van der Waals surface area contributed by atoms with Gasteiger partial charge in [0.25, 0.3) is 0 Å². The normalized spacial score (nSPS) is 25.7. The number of allylic oxidation sites excluding steroid dienone is 2. The number of aryl methyl sites for hydroxylation is 1. The molecule has 0 bridgehead atoms. The maximum Gasteiger partial charge on any atom is 0.223 e. The molecule has 0 aliphatic heterocycles. The Hall–Kier alpha value is -1.57. The summed E-state index contributed by atoms with van der Waals surface area (Å²) in [4.78, 5) is 12.3. The topological polar surface area (TPSA) is 29.1 Å². The van der Waals surface area contributed by atoms with Crippen molar-refractivity contribution in [3.8, 4) is 0 Å². The maximum atomic E-state index is 12.3. The summed E-state index contributed by atoms with van der Waals surface area (Å²) < 4.78 is 0. The zero-order valence-corrected chi connectivity index (χ0v) is 11.3. The number of fused-ring (bicyclic) bond motifs is 1. The number of amides is 1. The van der Waals surface area contributed by atoms with E-state index in [9.17, 15) is 4.79 Å². The Kier molecular flexibility index (Phi) is 3.67. The third-order valence-corrected chi connectivity index (χ3v) is 4.33. The van der Waals surface area contributed by atoms with Gasteiger partial charge >= 0.3 is 0 Å². The zero-order valence-electron chi connectivity index (χ0n) is 11.3. The average Bonchev–Trinajstić information content (AvgIpc) is 2.48. The molecule has 2 atom stereocenters. The van der Waals surface area contributed by atoms with Crippen molar-refractivity contribution in [3.05, 3.63) is 47.5 Å². The van der Waals surface area contributed by atoms with Crippen molar-refractivity contribution >= 4 is 5.91 Å². The van der Waals surface area contributed by atoms with Crippen molar-refractivity contribution < 1.29 is 4.79 Å². The first-order valence-corrected chi connectivity index (χ1v) is 7.38. The van der Waals surface area contributed by atoms with Gasteiger partial charge in [0.1, 0.15) is 0 Å². The summed E-state index contributed by atoms with van der Waals surface area (Å²) in [5.41, 5.74) is 2.73. The van der Waals surface area contributed by atoms with E-state index < -0.39 is 0 Å². The largest absolute Gasteiger partial charge is 0.349 e. The zero-order chi connectivity index (χ0) is 13.1. The molecule has 0 saturated carbocycles. The van der Waals surface area contributed by atoms with Gasteiger partial charge < -0.3 is 5.32 Å². The minimum atomic E-state index is 0.180. The van der Waals surface area contributed by atoms with Crippen LogP contribution < -0.4 is 5.32 Å². The van der Waals surface area contributed by atoms with E-state index >= 15 is 0 Å². The molecule has 1 N–H and O–H groups in total. The molecule has 0 unspecified atom stereocenters. The van der Waals surface area contributed by atoms with Crippen molar-refractivity contribution in [2.75, 3.05) is 0 Å². The molecule has 19 heavy (non-hydrogen) atoms. The van der Waals surface area contributed by atoms with E-state index in [4.69, 9.17) is 0 Å². The third-order valence-electron chi connectivity index (χ3n) is 4.33. The van der Waals surface area contributed by atoms with E-state index in [1.165, 1.54) is 17.5 Å². The molecule has 1 aromatic rings. The van der Waals surface area contributed by atoms with Gasteiger partial charge in [-0.3, -0.25) is 4.79 Å². The van der Waals surface area contributed by atoms with Gasteiger partial charge in [-0.2, -0.15) is 0 Å². The number of carbonyl (C=O) groups is 1. The van der Waals surface area contributed by atoms with Gasteiger partial charge in [-0.15, -0.1) is 0 Å². The van der Waals surface area contributed by atoms with Gasteiger partial charge in [0.2, 0.25) is 5.91 Å². The molecule has 1 amide bonds. The number of carbonyl (C=O) groups excluding carboxylic acids is 1. The van der Waals surface area contributed by atoms with Crippen LogP contribution in [0.1, 0.15) is 49.3 Å². The van der Waals surface area contributed by atoms with Crippen LogP contribution in [0.4, 0.5) is 0 Å². The first kappa shape index (κ1) is 12.5. The quantitative estimate of drug-likeness (QED) is 0.805. The first-order valence-electron chi connectivity index (χ1n) is 7.38. The SMILES string of the molecule is O=C(N[C@H]1CCCc2ccccc21)[C@@H]1CC=CCC1. The number of nitrogens with one attached hydrogen (secondary N) is 1. The van der Waals surface area contributed by atoms with Crippen LogP contribution in [0, 0.1) is 5.92 Å². The molecule has 3 rings (SSSR count). The Balaban J connectivity index is 1.70. The van der Waals surface area contributed by atoms with Crippen LogP contribution in [-0.4, -0.2) is 5.91 Å². The van der Waals surface area contributed by atoms with Crippen LogP contribution in [-0.2, 0) is 11.2 Å². The summed E-state index contributed by atoms with van der Waals surface area (Å²) in [7, 11) is 0. The van der Waals surface area contributed by atoms with Crippen molar-refractivity contribution in [3.63, 3.8) is 0 Å². The average molecular weight is 255 g/mol. The van der Waals surface area contributed by atoms with Crippen LogP contribution in [0.5, 0.6) is 0 Å². The van der Waals surface area contributed by atoms with Crippen molar-refractivity contribution in [2.45, 2.75) is 44.6 Å². The molecule has 1 aromatic carbocycles. The van der Waals surface area contributed by atoms with E-state index in [0.717, 1.165) is 32.1 Å². The van der Waals surface area contributed by atoms with Gasteiger partial charge in [-0.1, -0.05) is 36.4 Å². The Morgan fingerprint density at radius 2 is 2.05 bits per heavy atom. The van der Waals surface area contributed by atoms with Crippen molar-refractivity contribution in [1.29, 1.82) is 0 Å². The van der Waals surface area contributed by atoms with Gasteiger partial charge in [-0.05, 0) is 49.7 Å². The Labute approximate surface area is 114 Å². The molecule has 0 heterocycles. The summed E-state index contributed by atoms with van der Waals surface area (Å²) >= 11 is 0. The Morgan fingerprint density at radius 1 is 1.16 bits per heavy atom. The van der Waals surface area contributed by atoms with E-state index in [-0.39, 0.29) is 17.9 Å². The number of benzene rings is 1. The molecule has 0 fully saturated rings. The summed E-state index contributed by atoms with van der Waals surface area (Å²) in [6.45, 7) is 0. The van der Waals surface area contributed by atoms with Crippen molar-refractivity contribution in [2.24, 2.45) is 5.92 Å². The van der Waals surface area contributed by atoms with Crippen LogP contribution in [0.3, 0.4) is 0 Å². The number of hydrogen-bond donors (Lipinski definition) is 1. The van der Waals surface area contributed by atoms with Crippen molar-refractivity contribution in [1.82, 2.24) is 5.32 Å². The molecular weight excluding hydrogens is 234 g/mol. The van der Waals surface area contributed by atoms with E-state index in [1.54, 1.807) is 0 Å². The number of rotatable bonds is 2. The third kappa shape index (κ3) is 2.73. The molecule has 2 aliphatic carbocycles. The Morgan fingerprint density at radius 3 is 2.89 bits per heavy atom. The van der Waals surface area contributed by atoms with Gasteiger partial charge in [0.05, 0.1) is 6.04 Å². The molecular formula is C17H21NO. The van der Waals surface area contributed by atoms with E-state index in [0.29, 0.717) is 0 Å².